The predicted molar refractivity (Wildman–Crippen MR) is 102 cm³/mol. The molecule has 0 radical (unpaired) electrons. The van der Waals surface area contributed by atoms with Gasteiger partial charge >= 0.3 is 5.66 Å². The molecule has 3 nitrogen and oxygen atoms in total. The lowest BCUT2D eigenvalue weighted by atomic mass is 10.1. The molecule has 0 unspecified atom stereocenters. The van der Waals surface area contributed by atoms with Crippen LogP contribution in [0.15, 0.2) is 46.9 Å². The normalized spacial score (nSPS) is 14.4. The molecule has 0 saturated carbocycles. The molecule has 0 bridgehead atoms. The summed E-state index contributed by atoms with van der Waals surface area (Å²) < 4.78 is 30.3. The maximum Gasteiger partial charge on any atom is 0.340 e. The van der Waals surface area contributed by atoms with E-state index >= 15 is 0 Å². The van der Waals surface area contributed by atoms with E-state index in [0.717, 1.165) is 30.3 Å². The average molecular weight is 440 g/mol. The maximum absolute atomic E-state index is 13.9. The van der Waals surface area contributed by atoms with Crippen molar-refractivity contribution in [2.24, 2.45) is 0 Å². The van der Waals surface area contributed by atoms with Crippen LogP contribution in [0.5, 0.6) is 0 Å². The Morgan fingerprint density at radius 1 is 1.12 bits per heavy atom. The maximum atomic E-state index is 13.9. The number of halogens is 3. The highest BCUT2D eigenvalue weighted by molar-refractivity contribution is 9.10. The lowest BCUT2D eigenvalue weighted by Crippen LogP contribution is -2.12. The van der Waals surface area contributed by atoms with Crippen molar-refractivity contribution in [2.45, 2.75) is 31.5 Å². The third kappa shape index (κ3) is 2.89. The predicted octanol–water partition coefficient (Wildman–Crippen LogP) is 5.29. The molecule has 26 heavy (non-hydrogen) atoms. The van der Waals surface area contributed by atoms with Gasteiger partial charge in [0.15, 0.2) is 0 Å². The number of rotatable bonds is 4. The van der Waals surface area contributed by atoms with Crippen molar-refractivity contribution in [3.8, 4) is 0 Å². The van der Waals surface area contributed by atoms with Crippen LogP contribution in [0, 0.1) is 0 Å². The van der Waals surface area contributed by atoms with E-state index in [4.69, 9.17) is 9.79 Å². The van der Waals surface area contributed by atoms with Gasteiger partial charge in [0.05, 0.1) is 0 Å². The molecular weight excluding hydrogens is 423 g/mol. The van der Waals surface area contributed by atoms with Crippen molar-refractivity contribution < 1.29 is 18.6 Å². The van der Waals surface area contributed by atoms with Gasteiger partial charge in [0, 0.05) is 33.2 Å². The van der Waals surface area contributed by atoms with E-state index < -0.39 is 19.6 Å². The average Bonchev–Trinajstić information content (AvgIpc) is 3.18. The highest BCUT2D eigenvalue weighted by atomic mass is 79.9. The Kier molecular flexibility index (Phi) is 4.64. The van der Waals surface area contributed by atoms with Crippen LogP contribution in [0.25, 0.3) is 10.9 Å². The number of benzene rings is 2. The number of para-hydroxylation sites is 1. The van der Waals surface area contributed by atoms with Crippen LogP contribution < -0.4 is 0 Å². The molecule has 0 amide bonds. The summed E-state index contributed by atoms with van der Waals surface area (Å²) in [4.78, 5) is 18.0. The molecule has 7 heteroatoms. The summed E-state index contributed by atoms with van der Waals surface area (Å²) in [5.41, 5.74) is 0.706. The van der Waals surface area contributed by atoms with Crippen molar-refractivity contribution in [1.29, 1.82) is 0 Å². The molecule has 0 aliphatic heterocycles. The van der Waals surface area contributed by atoms with Crippen LogP contribution in [0.4, 0.5) is 8.78 Å². The number of fused-ring (bicyclic) bond motifs is 3. The SMILES string of the molecule is OP(O)C(F)(F)c1ccc(Cn2c3c(c4ccccc42)CCC3)cc1Br. The van der Waals surface area contributed by atoms with Gasteiger partial charge in [-0.3, -0.25) is 0 Å². The topological polar surface area (TPSA) is 45.4 Å². The van der Waals surface area contributed by atoms with E-state index in [1.807, 2.05) is 12.1 Å². The zero-order chi connectivity index (χ0) is 18.5. The molecule has 1 aromatic heterocycles. The molecule has 2 aromatic carbocycles. The van der Waals surface area contributed by atoms with Gasteiger partial charge in [0.25, 0.3) is 0 Å². The van der Waals surface area contributed by atoms with E-state index in [-0.39, 0.29) is 4.47 Å². The second-order valence-electron chi connectivity index (χ2n) is 6.53. The van der Waals surface area contributed by atoms with Gasteiger partial charge in [-0.15, -0.1) is 0 Å². The minimum Gasteiger partial charge on any atom is -0.346 e. The Bertz CT molecular complexity index is 987. The molecule has 1 heterocycles. The monoisotopic (exact) mass is 439 g/mol. The molecule has 0 saturated heterocycles. The number of aromatic nitrogens is 1. The third-order valence-corrected chi connectivity index (χ3v) is 6.38. The third-order valence-electron chi connectivity index (χ3n) is 4.98. The summed E-state index contributed by atoms with van der Waals surface area (Å²) in [6.07, 6.45) is 3.25. The number of nitrogens with zero attached hydrogens (tertiary/aromatic N) is 1. The summed E-state index contributed by atoms with van der Waals surface area (Å²) in [6, 6.07) is 12.8. The standard InChI is InChI=1S/C19H17BrF2NO2P/c20-16-10-12(8-9-15(16)19(21,22)26(24)25)11-23-17-6-2-1-4-13(17)14-5-3-7-18(14)23/h1-2,4,6,8-10,24-25H,3,5,7,11H2. The molecule has 1 aliphatic rings. The van der Waals surface area contributed by atoms with E-state index in [2.05, 4.69) is 32.6 Å². The van der Waals surface area contributed by atoms with Crippen molar-refractivity contribution in [3.63, 3.8) is 0 Å². The number of hydrogen-bond donors (Lipinski definition) is 2. The molecule has 0 atom stereocenters. The smallest absolute Gasteiger partial charge is 0.340 e. The molecule has 0 fully saturated rings. The van der Waals surface area contributed by atoms with Crippen LogP contribution in [-0.4, -0.2) is 14.4 Å². The fraction of sp³-hybridized carbons (Fsp3) is 0.263. The first-order valence-electron chi connectivity index (χ1n) is 8.33. The Morgan fingerprint density at radius 2 is 1.88 bits per heavy atom. The number of aryl methyl sites for hydroxylation is 1. The molecule has 1 aliphatic carbocycles. The van der Waals surface area contributed by atoms with Crippen LogP contribution in [0.1, 0.15) is 28.8 Å². The first-order valence-corrected chi connectivity index (χ1v) is 10.4. The largest absolute Gasteiger partial charge is 0.346 e. The fourth-order valence-corrected chi connectivity index (χ4v) is 5.04. The van der Waals surface area contributed by atoms with Gasteiger partial charge in [0.2, 0.25) is 8.38 Å². The van der Waals surface area contributed by atoms with Crippen LogP contribution in [0.3, 0.4) is 0 Å². The van der Waals surface area contributed by atoms with Crippen LogP contribution in [-0.2, 0) is 25.1 Å². The summed E-state index contributed by atoms with van der Waals surface area (Å²) >= 11 is 3.17. The lowest BCUT2D eigenvalue weighted by molar-refractivity contribution is 0.0724. The summed E-state index contributed by atoms with van der Waals surface area (Å²) in [5.74, 6) is 0. The van der Waals surface area contributed by atoms with Crippen molar-refractivity contribution in [1.82, 2.24) is 4.57 Å². The summed E-state index contributed by atoms with van der Waals surface area (Å²) in [6.45, 7) is 0.591. The quantitative estimate of drug-likeness (QED) is 0.542. The molecule has 4 rings (SSSR count). The highest BCUT2D eigenvalue weighted by Crippen LogP contribution is 2.54. The van der Waals surface area contributed by atoms with E-state index in [9.17, 15) is 8.78 Å². The summed E-state index contributed by atoms with van der Waals surface area (Å²) in [5, 5.41) is 1.27. The highest BCUT2D eigenvalue weighted by Gasteiger charge is 2.42. The fourth-order valence-electron chi connectivity index (χ4n) is 3.80. The Hall–Kier alpha value is -1.33. The summed E-state index contributed by atoms with van der Waals surface area (Å²) in [7, 11) is -3.38. The zero-order valence-electron chi connectivity index (χ0n) is 13.8. The first kappa shape index (κ1) is 18.1. The molecule has 136 valence electrons. The number of hydrogen-bond acceptors (Lipinski definition) is 2. The van der Waals surface area contributed by atoms with Gasteiger partial charge in [-0.05, 0) is 42.5 Å². The first-order chi connectivity index (χ1) is 12.4. The zero-order valence-corrected chi connectivity index (χ0v) is 16.3. The van der Waals surface area contributed by atoms with Crippen LogP contribution >= 0.6 is 24.3 Å². The Balaban J connectivity index is 1.73. The van der Waals surface area contributed by atoms with Gasteiger partial charge < -0.3 is 14.4 Å². The second kappa shape index (κ2) is 6.68. The van der Waals surface area contributed by atoms with Crippen molar-refractivity contribution in [3.05, 3.63) is 69.3 Å². The van der Waals surface area contributed by atoms with Crippen molar-refractivity contribution >= 4 is 35.2 Å². The van der Waals surface area contributed by atoms with Gasteiger partial charge in [-0.1, -0.05) is 46.3 Å². The van der Waals surface area contributed by atoms with E-state index in [1.165, 1.54) is 22.7 Å². The van der Waals surface area contributed by atoms with Gasteiger partial charge in [0.1, 0.15) is 0 Å². The van der Waals surface area contributed by atoms with Gasteiger partial charge in [-0.2, -0.15) is 8.78 Å². The molecule has 2 N–H and O–H groups in total. The lowest BCUT2D eigenvalue weighted by Gasteiger charge is -2.19. The number of alkyl halides is 2. The van der Waals surface area contributed by atoms with Crippen LogP contribution in [0.2, 0.25) is 0 Å². The molecule has 0 spiro atoms. The molecular formula is C19H17BrF2NO2P. The Morgan fingerprint density at radius 3 is 2.62 bits per heavy atom. The Labute approximate surface area is 159 Å². The second-order valence-corrected chi connectivity index (χ2v) is 8.52. The minimum atomic E-state index is -3.66. The van der Waals surface area contributed by atoms with E-state index in [1.54, 1.807) is 12.1 Å². The van der Waals surface area contributed by atoms with Gasteiger partial charge in [-0.25, -0.2) is 0 Å². The van der Waals surface area contributed by atoms with E-state index in [0.29, 0.717) is 6.54 Å². The minimum absolute atomic E-state index is 0.184. The molecule has 3 aromatic rings. The van der Waals surface area contributed by atoms with Crippen molar-refractivity contribution in [2.75, 3.05) is 0 Å².